The third-order valence-corrected chi connectivity index (χ3v) is 5.73. The molecule has 0 amide bonds. The zero-order valence-corrected chi connectivity index (χ0v) is 17.9. The second kappa shape index (κ2) is 9.35. The van der Waals surface area contributed by atoms with Crippen molar-refractivity contribution in [2.24, 2.45) is 0 Å². The third-order valence-electron chi connectivity index (χ3n) is 5.73. The molecule has 1 aliphatic rings. The van der Waals surface area contributed by atoms with Gasteiger partial charge >= 0.3 is 5.97 Å². The number of Topliss-reactive ketones (excluding diaryl/α,β-unsaturated/α-hetero) is 1. The third kappa shape index (κ3) is 4.97. The van der Waals surface area contributed by atoms with E-state index in [2.05, 4.69) is 4.57 Å². The monoisotopic (exact) mass is 421 g/mol. The van der Waals surface area contributed by atoms with E-state index in [1.54, 1.807) is 0 Å². The van der Waals surface area contributed by atoms with Crippen molar-refractivity contribution in [1.82, 2.24) is 4.57 Å². The van der Waals surface area contributed by atoms with Crippen LogP contribution in [0, 0.1) is 13.8 Å². The largest absolute Gasteiger partial charge is 0.482 e. The van der Waals surface area contributed by atoms with Gasteiger partial charge in [0.25, 0.3) is 0 Å². The average Bonchev–Trinajstić information content (AvgIpc) is 3.39. The minimum Gasteiger partial charge on any atom is -0.482 e. The van der Waals surface area contributed by atoms with Crippen LogP contribution in [0.5, 0.6) is 5.75 Å². The molecule has 0 unspecified atom stereocenters. The van der Waals surface area contributed by atoms with Crippen LogP contribution in [0.1, 0.15) is 34.6 Å². The van der Waals surface area contributed by atoms with Gasteiger partial charge in [0.1, 0.15) is 5.75 Å². The van der Waals surface area contributed by atoms with E-state index in [-0.39, 0.29) is 25.1 Å². The highest BCUT2D eigenvalue weighted by molar-refractivity contribution is 5.99. The van der Waals surface area contributed by atoms with Gasteiger partial charge in [0.2, 0.25) is 5.78 Å². The molecule has 0 saturated carbocycles. The number of ether oxygens (including phenoxy) is 3. The van der Waals surface area contributed by atoms with Gasteiger partial charge in [-0.25, -0.2) is 4.79 Å². The number of rotatable bonds is 8. The van der Waals surface area contributed by atoms with Crippen LogP contribution in [0.3, 0.4) is 0 Å². The number of ketones is 1. The minimum absolute atomic E-state index is 0.192. The zero-order valence-electron chi connectivity index (χ0n) is 17.9. The van der Waals surface area contributed by atoms with Crippen molar-refractivity contribution in [2.45, 2.75) is 39.3 Å². The van der Waals surface area contributed by atoms with Crippen LogP contribution < -0.4 is 4.74 Å². The van der Waals surface area contributed by atoms with E-state index in [1.807, 2.05) is 62.4 Å². The predicted molar refractivity (Wildman–Crippen MR) is 118 cm³/mol. The average molecular weight is 421 g/mol. The van der Waals surface area contributed by atoms with E-state index < -0.39 is 5.97 Å². The molecule has 2 aromatic carbocycles. The van der Waals surface area contributed by atoms with Crippen molar-refractivity contribution in [3.63, 3.8) is 0 Å². The van der Waals surface area contributed by atoms with Gasteiger partial charge in [0.15, 0.2) is 13.2 Å². The van der Waals surface area contributed by atoms with E-state index >= 15 is 0 Å². The summed E-state index contributed by atoms with van der Waals surface area (Å²) in [5.41, 5.74) is 2.46. The maximum absolute atomic E-state index is 12.6. The Morgan fingerprint density at radius 2 is 1.87 bits per heavy atom. The Morgan fingerprint density at radius 1 is 1.06 bits per heavy atom. The van der Waals surface area contributed by atoms with Crippen molar-refractivity contribution in [3.05, 3.63) is 65.5 Å². The Morgan fingerprint density at radius 3 is 2.65 bits per heavy atom. The van der Waals surface area contributed by atoms with Crippen molar-refractivity contribution >= 4 is 22.5 Å². The van der Waals surface area contributed by atoms with E-state index in [0.717, 1.165) is 48.2 Å². The molecule has 6 heteroatoms. The molecule has 2 heterocycles. The molecule has 0 radical (unpaired) electrons. The molecule has 4 rings (SSSR count). The predicted octanol–water partition coefficient (Wildman–Crippen LogP) is 4.24. The van der Waals surface area contributed by atoms with Crippen LogP contribution in [-0.2, 0) is 20.8 Å². The van der Waals surface area contributed by atoms with E-state index in [4.69, 9.17) is 14.2 Å². The maximum atomic E-state index is 12.6. The Kier molecular flexibility index (Phi) is 6.37. The molecule has 1 saturated heterocycles. The molecular weight excluding hydrogens is 394 g/mol. The summed E-state index contributed by atoms with van der Waals surface area (Å²) in [4.78, 5) is 24.7. The lowest BCUT2D eigenvalue weighted by atomic mass is 10.1. The summed E-state index contributed by atoms with van der Waals surface area (Å²) in [6.45, 7) is 4.88. The summed E-state index contributed by atoms with van der Waals surface area (Å²) >= 11 is 0. The number of carbonyl (C=O) groups excluding carboxylic acids is 2. The lowest BCUT2D eigenvalue weighted by Gasteiger charge is -2.14. The number of nitrogens with zero attached hydrogens (tertiary/aromatic N) is 1. The molecule has 1 aliphatic heterocycles. The highest BCUT2D eigenvalue weighted by Gasteiger charge is 2.21. The minimum atomic E-state index is -0.574. The van der Waals surface area contributed by atoms with Crippen molar-refractivity contribution in [2.75, 3.05) is 19.8 Å². The topological polar surface area (TPSA) is 66.8 Å². The Hall–Kier alpha value is -3.12. The number of fused-ring (bicyclic) bond motifs is 1. The number of esters is 1. The first-order valence-corrected chi connectivity index (χ1v) is 10.6. The number of benzene rings is 2. The van der Waals surface area contributed by atoms with Crippen LogP contribution in [0.2, 0.25) is 0 Å². The molecule has 3 aromatic rings. The lowest BCUT2D eigenvalue weighted by molar-refractivity contribution is -0.144. The molecule has 1 aromatic heterocycles. The molecule has 0 bridgehead atoms. The van der Waals surface area contributed by atoms with Gasteiger partial charge in [-0.15, -0.1) is 0 Å². The number of hydrogen-bond acceptors (Lipinski definition) is 5. The fraction of sp³-hybridized carbons (Fsp3) is 0.360. The van der Waals surface area contributed by atoms with Crippen molar-refractivity contribution < 1.29 is 23.8 Å². The second-order valence-electron chi connectivity index (χ2n) is 7.91. The van der Waals surface area contributed by atoms with Gasteiger partial charge in [-0.1, -0.05) is 30.3 Å². The fourth-order valence-electron chi connectivity index (χ4n) is 4.02. The first-order valence-electron chi connectivity index (χ1n) is 10.6. The van der Waals surface area contributed by atoms with E-state index in [9.17, 15) is 9.59 Å². The molecule has 31 heavy (non-hydrogen) atoms. The number of carbonyl (C=O) groups is 2. The Balaban J connectivity index is 1.30. The first-order chi connectivity index (χ1) is 15.0. The summed E-state index contributed by atoms with van der Waals surface area (Å²) in [6.07, 6.45) is 2.31. The van der Waals surface area contributed by atoms with Gasteiger partial charge in [0, 0.05) is 30.1 Å². The van der Waals surface area contributed by atoms with Crippen LogP contribution in [-0.4, -0.2) is 42.2 Å². The highest BCUT2D eigenvalue weighted by atomic mass is 16.6. The summed E-state index contributed by atoms with van der Waals surface area (Å²) in [5, 5.41) is 2.13. The number of aryl methyl sites for hydroxylation is 1. The molecule has 6 nitrogen and oxygen atoms in total. The van der Waals surface area contributed by atoms with Gasteiger partial charge in [0.05, 0.1) is 6.10 Å². The van der Waals surface area contributed by atoms with Crippen LogP contribution >= 0.6 is 0 Å². The fourth-order valence-corrected chi connectivity index (χ4v) is 4.02. The molecule has 0 spiro atoms. The van der Waals surface area contributed by atoms with Crippen molar-refractivity contribution in [3.8, 4) is 5.75 Å². The van der Waals surface area contributed by atoms with Gasteiger partial charge in [-0.3, -0.25) is 4.79 Å². The maximum Gasteiger partial charge on any atom is 0.344 e. The van der Waals surface area contributed by atoms with Gasteiger partial charge < -0.3 is 18.8 Å². The second-order valence-corrected chi connectivity index (χ2v) is 7.91. The summed E-state index contributed by atoms with van der Waals surface area (Å²) in [6, 6.07) is 15.4. The molecule has 0 aliphatic carbocycles. The smallest absolute Gasteiger partial charge is 0.344 e. The Bertz CT molecular complexity index is 1090. The van der Waals surface area contributed by atoms with Crippen LogP contribution in [0.15, 0.2) is 48.5 Å². The van der Waals surface area contributed by atoms with Crippen molar-refractivity contribution in [1.29, 1.82) is 0 Å². The quantitative estimate of drug-likeness (QED) is 0.402. The van der Waals surface area contributed by atoms with Gasteiger partial charge in [-0.2, -0.15) is 0 Å². The van der Waals surface area contributed by atoms with Crippen LogP contribution in [0.25, 0.3) is 10.8 Å². The van der Waals surface area contributed by atoms with Crippen LogP contribution in [0.4, 0.5) is 0 Å². The summed E-state index contributed by atoms with van der Waals surface area (Å²) in [5.74, 6) is -0.208. The SMILES string of the molecule is Cc1cc(C(=O)COC(=O)COc2ccc3ccccc3c2)c(C)n1C[C@H]1CCCO1. The Labute approximate surface area is 181 Å². The summed E-state index contributed by atoms with van der Waals surface area (Å²) in [7, 11) is 0. The normalized spacial score (nSPS) is 15.9. The number of hydrogen-bond donors (Lipinski definition) is 0. The van der Waals surface area contributed by atoms with E-state index in [0.29, 0.717) is 11.3 Å². The molecule has 162 valence electrons. The molecular formula is C25H27NO5. The molecule has 1 atom stereocenters. The molecule has 0 N–H and O–H groups in total. The highest BCUT2D eigenvalue weighted by Crippen LogP contribution is 2.22. The lowest BCUT2D eigenvalue weighted by Crippen LogP contribution is -2.20. The first kappa shape index (κ1) is 21.1. The zero-order chi connectivity index (χ0) is 21.8. The summed E-state index contributed by atoms with van der Waals surface area (Å²) < 4.78 is 18.5. The number of aromatic nitrogens is 1. The van der Waals surface area contributed by atoms with E-state index in [1.165, 1.54) is 0 Å². The van der Waals surface area contributed by atoms with Gasteiger partial charge in [-0.05, 0) is 55.7 Å². The standard InChI is InChI=1S/C25H27NO5/c1-17-12-23(18(2)26(17)14-22-8-5-11-29-22)24(27)15-31-25(28)16-30-21-10-9-19-6-3-4-7-20(19)13-21/h3-4,6-7,9-10,12-13,22H,5,8,11,14-16H2,1-2H3/t22-/m1/s1. The molecule has 1 fully saturated rings.